The number of rotatable bonds is 2. The van der Waals surface area contributed by atoms with Crippen LogP contribution in [0.5, 0.6) is 0 Å². The van der Waals surface area contributed by atoms with Crippen molar-refractivity contribution in [3.63, 3.8) is 0 Å². The molecule has 1 aromatic carbocycles. The van der Waals surface area contributed by atoms with Gasteiger partial charge in [0.25, 0.3) is 5.91 Å². The first-order valence-corrected chi connectivity index (χ1v) is 6.34. The molecule has 1 amide bonds. The van der Waals surface area contributed by atoms with Crippen LogP contribution in [0.15, 0.2) is 12.1 Å². The van der Waals surface area contributed by atoms with Gasteiger partial charge in [0.2, 0.25) is 0 Å². The van der Waals surface area contributed by atoms with E-state index in [9.17, 15) is 9.18 Å². The molecule has 0 spiro atoms. The third kappa shape index (κ3) is 2.63. The van der Waals surface area contributed by atoms with Gasteiger partial charge in [-0.3, -0.25) is 4.79 Å². The second-order valence-corrected chi connectivity index (χ2v) is 5.29. The summed E-state index contributed by atoms with van der Waals surface area (Å²) >= 11 is 0. The molecule has 3 nitrogen and oxygen atoms in total. The highest BCUT2D eigenvalue weighted by Gasteiger charge is 2.24. The van der Waals surface area contributed by atoms with Crippen molar-refractivity contribution in [2.24, 2.45) is 5.92 Å². The van der Waals surface area contributed by atoms with Gasteiger partial charge in [0, 0.05) is 11.7 Å². The Morgan fingerprint density at radius 3 is 2.78 bits per heavy atom. The van der Waals surface area contributed by atoms with E-state index in [2.05, 4.69) is 12.2 Å². The average Bonchev–Trinajstić information content (AvgIpc) is 2.69. The zero-order valence-electron chi connectivity index (χ0n) is 10.8. The Bertz CT molecular complexity index is 473. The van der Waals surface area contributed by atoms with Crippen molar-refractivity contribution in [2.45, 2.75) is 39.2 Å². The van der Waals surface area contributed by atoms with Crippen molar-refractivity contribution >= 4 is 11.6 Å². The van der Waals surface area contributed by atoms with Gasteiger partial charge in [-0.05, 0) is 49.8 Å². The maximum absolute atomic E-state index is 13.9. The zero-order valence-corrected chi connectivity index (χ0v) is 10.8. The van der Waals surface area contributed by atoms with Gasteiger partial charge in [-0.15, -0.1) is 0 Å². The van der Waals surface area contributed by atoms with Crippen molar-refractivity contribution in [2.75, 3.05) is 5.73 Å². The normalized spacial score (nSPS) is 23.1. The van der Waals surface area contributed by atoms with E-state index in [-0.39, 0.29) is 17.5 Å². The van der Waals surface area contributed by atoms with Crippen LogP contribution in [0, 0.1) is 18.7 Å². The monoisotopic (exact) mass is 250 g/mol. The second kappa shape index (κ2) is 4.96. The van der Waals surface area contributed by atoms with Crippen LogP contribution in [0.4, 0.5) is 10.1 Å². The Morgan fingerprint density at radius 2 is 2.17 bits per heavy atom. The van der Waals surface area contributed by atoms with E-state index < -0.39 is 5.82 Å². The Balaban J connectivity index is 2.14. The molecule has 0 aromatic heterocycles. The first kappa shape index (κ1) is 12.9. The number of carbonyl (C=O) groups excluding carboxylic acids is 1. The maximum Gasteiger partial charge on any atom is 0.254 e. The molecule has 0 radical (unpaired) electrons. The third-order valence-electron chi connectivity index (χ3n) is 3.55. The van der Waals surface area contributed by atoms with Crippen molar-refractivity contribution in [3.05, 3.63) is 29.1 Å². The van der Waals surface area contributed by atoms with Gasteiger partial charge >= 0.3 is 0 Å². The summed E-state index contributed by atoms with van der Waals surface area (Å²) in [6, 6.07) is 3.09. The fourth-order valence-electron chi connectivity index (χ4n) is 2.56. The van der Waals surface area contributed by atoms with Crippen LogP contribution in [0.1, 0.15) is 42.1 Å². The summed E-state index contributed by atoms with van der Waals surface area (Å²) in [5.74, 6) is -0.211. The van der Waals surface area contributed by atoms with Gasteiger partial charge in [0.1, 0.15) is 5.82 Å². The van der Waals surface area contributed by atoms with E-state index in [1.165, 1.54) is 12.1 Å². The summed E-state index contributed by atoms with van der Waals surface area (Å²) < 4.78 is 13.9. The van der Waals surface area contributed by atoms with E-state index in [1.54, 1.807) is 6.92 Å². The molecular formula is C14H19FN2O. The van der Waals surface area contributed by atoms with Gasteiger partial charge in [0.15, 0.2) is 0 Å². The van der Waals surface area contributed by atoms with Crippen molar-refractivity contribution in [3.8, 4) is 0 Å². The highest BCUT2D eigenvalue weighted by atomic mass is 19.1. The molecule has 0 bridgehead atoms. The quantitative estimate of drug-likeness (QED) is 0.793. The van der Waals surface area contributed by atoms with E-state index >= 15 is 0 Å². The van der Waals surface area contributed by atoms with Gasteiger partial charge in [-0.2, -0.15) is 0 Å². The van der Waals surface area contributed by atoms with Crippen molar-refractivity contribution in [1.82, 2.24) is 5.32 Å². The number of anilines is 1. The Morgan fingerprint density at radius 1 is 1.44 bits per heavy atom. The molecule has 4 heteroatoms. The number of nitrogens with one attached hydrogen (secondary N) is 1. The molecule has 0 heterocycles. The molecule has 18 heavy (non-hydrogen) atoms. The number of hydrogen-bond donors (Lipinski definition) is 2. The van der Waals surface area contributed by atoms with E-state index in [1.807, 2.05) is 0 Å². The fraction of sp³-hybridized carbons (Fsp3) is 0.500. The number of nitrogen functional groups attached to an aromatic ring is 1. The van der Waals surface area contributed by atoms with Crippen LogP contribution < -0.4 is 11.1 Å². The second-order valence-electron chi connectivity index (χ2n) is 5.29. The highest BCUT2D eigenvalue weighted by molar-refractivity contribution is 5.95. The minimum Gasteiger partial charge on any atom is -0.399 e. The molecular weight excluding hydrogens is 231 g/mol. The third-order valence-corrected chi connectivity index (χ3v) is 3.55. The highest BCUT2D eigenvalue weighted by Crippen LogP contribution is 2.25. The molecule has 3 N–H and O–H groups in total. The number of carbonyl (C=O) groups is 1. The van der Waals surface area contributed by atoms with E-state index in [0.29, 0.717) is 17.2 Å². The standard InChI is InChI=1S/C14H19FN2O/c1-8-3-4-11(5-8)17-14(18)12-7-10(16)6-9(2)13(12)15/h6-8,11H,3-5,16H2,1-2H3,(H,17,18). The number of aryl methyl sites for hydroxylation is 1. The van der Waals surface area contributed by atoms with E-state index in [0.717, 1.165) is 19.3 Å². The average molecular weight is 250 g/mol. The lowest BCUT2D eigenvalue weighted by Gasteiger charge is -2.14. The number of halogens is 1. The molecule has 2 rings (SSSR count). The minimum absolute atomic E-state index is 0.0482. The predicted octanol–water partition coefficient (Wildman–Crippen LogP) is 2.63. The molecule has 98 valence electrons. The fourth-order valence-corrected chi connectivity index (χ4v) is 2.56. The van der Waals surface area contributed by atoms with Gasteiger partial charge in [-0.25, -0.2) is 4.39 Å². The van der Waals surface area contributed by atoms with Gasteiger partial charge < -0.3 is 11.1 Å². The summed E-state index contributed by atoms with van der Waals surface area (Å²) in [5, 5.41) is 2.89. The lowest BCUT2D eigenvalue weighted by molar-refractivity contribution is 0.0933. The summed E-state index contributed by atoms with van der Waals surface area (Å²) in [7, 11) is 0. The number of hydrogen-bond acceptors (Lipinski definition) is 2. The first-order valence-electron chi connectivity index (χ1n) is 6.34. The molecule has 0 aliphatic heterocycles. The van der Waals surface area contributed by atoms with Crippen LogP contribution >= 0.6 is 0 Å². The summed E-state index contributed by atoms with van der Waals surface area (Å²) in [6.45, 7) is 3.78. The lowest BCUT2D eigenvalue weighted by Crippen LogP contribution is -2.33. The van der Waals surface area contributed by atoms with Crippen LogP contribution in [0.25, 0.3) is 0 Å². The van der Waals surface area contributed by atoms with Gasteiger partial charge in [0.05, 0.1) is 5.56 Å². The topological polar surface area (TPSA) is 55.1 Å². The molecule has 1 fully saturated rings. The molecule has 1 aliphatic rings. The van der Waals surface area contributed by atoms with Crippen LogP contribution in [0.3, 0.4) is 0 Å². The summed E-state index contributed by atoms with van der Waals surface area (Å²) in [4.78, 5) is 12.0. The summed E-state index contributed by atoms with van der Waals surface area (Å²) in [5.41, 5.74) is 6.52. The lowest BCUT2D eigenvalue weighted by atomic mass is 10.1. The summed E-state index contributed by atoms with van der Waals surface area (Å²) in [6.07, 6.45) is 3.05. The molecule has 1 aromatic rings. The Labute approximate surface area is 107 Å². The minimum atomic E-state index is -0.479. The zero-order chi connectivity index (χ0) is 13.3. The molecule has 2 unspecified atom stereocenters. The van der Waals surface area contributed by atoms with Crippen molar-refractivity contribution < 1.29 is 9.18 Å². The van der Waals surface area contributed by atoms with Crippen LogP contribution in [0.2, 0.25) is 0 Å². The van der Waals surface area contributed by atoms with Crippen LogP contribution in [-0.2, 0) is 0 Å². The van der Waals surface area contributed by atoms with Gasteiger partial charge in [-0.1, -0.05) is 6.92 Å². The van der Waals surface area contributed by atoms with Crippen molar-refractivity contribution in [1.29, 1.82) is 0 Å². The molecule has 0 saturated heterocycles. The number of amides is 1. The molecule has 1 aliphatic carbocycles. The number of nitrogens with two attached hydrogens (primary N) is 1. The molecule has 2 atom stereocenters. The van der Waals surface area contributed by atoms with E-state index in [4.69, 9.17) is 5.73 Å². The Kier molecular flexibility index (Phi) is 3.55. The molecule has 1 saturated carbocycles. The van der Waals surface area contributed by atoms with Crippen LogP contribution in [-0.4, -0.2) is 11.9 Å². The largest absolute Gasteiger partial charge is 0.399 e. The Hall–Kier alpha value is -1.58. The smallest absolute Gasteiger partial charge is 0.254 e. The predicted molar refractivity (Wildman–Crippen MR) is 69.8 cm³/mol. The first-order chi connectivity index (χ1) is 8.47. The SMILES string of the molecule is Cc1cc(N)cc(C(=O)NC2CCC(C)C2)c1F. The number of benzene rings is 1. The maximum atomic E-state index is 13.9.